The second-order valence-corrected chi connectivity index (χ2v) is 8.71. The summed E-state index contributed by atoms with van der Waals surface area (Å²) in [4.78, 5) is 41.8. The second-order valence-electron chi connectivity index (χ2n) is 7.85. The van der Waals surface area contributed by atoms with Gasteiger partial charge in [-0.05, 0) is 30.2 Å². The molecule has 8 heteroatoms. The van der Waals surface area contributed by atoms with Crippen molar-refractivity contribution in [2.24, 2.45) is 0 Å². The minimum Gasteiger partial charge on any atom is -0.352 e. The average Bonchev–Trinajstić information content (AvgIpc) is 3.22. The Bertz CT molecular complexity index is 1370. The first kappa shape index (κ1) is 22.4. The third kappa shape index (κ3) is 5.35. The molecule has 4 aromatic rings. The van der Waals surface area contributed by atoms with Gasteiger partial charge >= 0.3 is 0 Å². The maximum Gasteiger partial charge on any atom is 0.262 e. The molecule has 168 valence electrons. The lowest BCUT2D eigenvalue weighted by molar-refractivity contribution is -0.121. The molecular weight excluding hydrogens is 436 g/mol. The predicted octanol–water partition coefficient (Wildman–Crippen LogP) is 4.10. The van der Waals surface area contributed by atoms with E-state index in [1.807, 2.05) is 54.8 Å². The topological polar surface area (TPSA) is 93.1 Å². The van der Waals surface area contributed by atoms with E-state index in [2.05, 4.69) is 15.6 Å². The highest BCUT2D eigenvalue weighted by Gasteiger charge is 2.14. The van der Waals surface area contributed by atoms with E-state index >= 15 is 0 Å². The molecule has 0 aliphatic carbocycles. The van der Waals surface area contributed by atoms with Crippen molar-refractivity contribution in [2.75, 3.05) is 5.32 Å². The van der Waals surface area contributed by atoms with Gasteiger partial charge in [0.05, 0.1) is 11.7 Å². The SMILES string of the molecule is CC(=O)Nc1cccc(CNC(=O)CCn2cnc3scc(-c4ccc(C)cc4)c3c2=O)c1. The van der Waals surface area contributed by atoms with Crippen LogP contribution in [0.3, 0.4) is 0 Å². The van der Waals surface area contributed by atoms with Crippen LogP contribution >= 0.6 is 11.3 Å². The summed E-state index contributed by atoms with van der Waals surface area (Å²) in [6, 6.07) is 15.3. The number of nitrogens with zero attached hydrogens (tertiary/aromatic N) is 2. The lowest BCUT2D eigenvalue weighted by atomic mass is 10.1. The van der Waals surface area contributed by atoms with Crippen molar-refractivity contribution in [3.63, 3.8) is 0 Å². The van der Waals surface area contributed by atoms with Crippen LogP contribution in [-0.4, -0.2) is 21.4 Å². The van der Waals surface area contributed by atoms with E-state index < -0.39 is 0 Å². The van der Waals surface area contributed by atoms with E-state index in [9.17, 15) is 14.4 Å². The minimum atomic E-state index is -0.170. The smallest absolute Gasteiger partial charge is 0.262 e. The highest BCUT2D eigenvalue weighted by atomic mass is 32.1. The van der Waals surface area contributed by atoms with Crippen molar-refractivity contribution >= 4 is 39.1 Å². The fourth-order valence-corrected chi connectivity index (χ4v) is 4.45. The first-order valence-corrected chi connectivity index (χ1v) is 11.5. The number of aromatic nitrogens is 2. The third-order valence-corrected chi connectivity index (χ3v) is 6.13. The Morgan fingerprint density at radius 1 is 1.12 bits per heavy atom. The summed E-state index contributed by atoms with van der Waals surface area (Å²) in [6.45, 7) is 4.04. The largest absolute Gasteiger partial charge is 0.352 e. The molecule has 0 aliphatic heterocycles. The average molecular weight is 461 g/mol. The van der Waals surface area contributed by atoms with Gasteiger partial charge in [0, 0.05) is 43.1 Å². The first-order valence-electron chi connectivity index (χ1n) is 10.6. The molecule has 2 amide bonds. The highest BCUT2D eigenvalue weighted by molar-refractivity contribution is 7.17. The molecule has 0 unspecified atom stereocenters. The maximum atomic E-state index is 13.1. The van der Waals surface area contributed by atoms with E-state index in [1.54, 1.807) is 6.07 Å². The molecule has 0 bridgehead atoms. The summed E-state index contributed by atoms with van der Waals surface area (Å²) in [5, 5.41) is 8.12. The van der Waals surface area contributed by atoms with Gasteiger partial charge in [-0.25, -0.2) is 4.98 Å². The lowest BCUT2D eigenvalue weighted by Crippen LogP contribution is -2.27. The van der Waals surface area contributed by atoms with Gasteiger partial charge in [-0.3, -0.25) is 19.0 Å². The molecule has 0 spiro atoms. The molecule has 2 N–H and O–H groups in total. The third-order valence-electron chi connectivity index (χ3n) is 5.24. The monoisotopic (exact) mass is 460 g/mol. The zero-order valence-corrected chi connectivity index (χ0v) is 19.2. The van der Waals surface area contributed by atoms with Crippen LogP contribution in [0.2, 0.25) is 0 Å². The van der Waals surface area contributed by atoms with Gasteiger partial charge in [0.1, 0.15) is 4.83 Å². The zero-order chi connectivity index (χ0) is 23.4. The zero-order valence-electron chi connectivity index (χ0n) is 18.4. The molecule has 4 rings (SSSR count). The molecule has 0 atom stereocenters. The predicted molar refractivity (Wildman–Crippen MR) is 131 cm³/mol. The van der Waals surface area contributed by atoms with Crippen LogP contribution in [0.25, 0.3) is 21.3 Å². The number of carbonyl (C=O) groups is 2. The minimum absolute atomic E-state index is 0.146. The van der Waals surface area contributed by atoms with Crippen molar-refractivity contribution in [1.29, 1.82) is 0 Å². The van der Waals surface area contributed by atoms with Crippen molar-refractivity contribution in [3.8, 4) is 11.1 Å². The fraction of sp³-hybridized carbons (Fsp3) is 0.200. The number of rotatable bonds is 7. The summed E-state index contributed by atoms with van der Waals surface area (Å²) < 4.78 is 1.49. The highest BCUT2D eigenvalue weighted by Crippen LogP contribution is 2.30. The number of anilines is 1. The molecule has 0 radical (unpaired) electrons. The number of benzene rings is 2. The number of hydrogen-bond acceptors (Lipinski definition) is 5. The standard InChI is InChI=1S/C25H24N4O3S/c1-16-6-8-19(9-7-16)21-14-33-24-23(21)25(32)29(15-27-24)11-10-22(31)26-13-18-4-3-5-20(12-18)28-17(2)30/h3-9,12,14-15H,10-11,13H2,1-2H3,(H,26,31)(H,28,30). The summed E-state index contributed by atoms with van der Waals surface area (Å²) in [6.07, 6.45) is 1.66. The number of aryl methyl sites for hydroxylation is 2. The Labute approximate surface area is 195 Å². The Morgan fingerprint density at radius 3 is 2.67 bits per heavy atom. The Kier molecular flexibility index (Phi) is 6.65. The van der Waals surface area contributed by atoms with Crippen LogP contribution in [0.1, 0.15) is 24.5 Å². The summed E-state index contributed by atoms with van der Waals surface area (Å²) >= 11 is 1.44. The number of nitrogens with one attached hydrogen (secondary N) is 2. The second kappa shape index (κ2) is 9.79. The van der Waals surface area contributed by atoms with Crippen molar-refractivity contribution in [1.82, 2.24) is 14.9 Å². The van der Waals surface area contributed by atoms with Gasteiger partial charge in [0.15, 0.2) is 0 Å². The molecule has 0 aliphatic rings. The van der Waals surface area contributed by atoms with E-state index in [0.29, 0.717) is 22.4 Å². The molecule has 0 saturated carbocycles. The number of fused-ring (bicyclic) bond motifs is 1. The van der Waals surface area contributed by atoms with E-state index in [-0.39, 0.29) is 30.3 Å². The van der Waals surface area contributed by atoms with Gasteiger partial charge in [0.25, 0.3) is 5.56 Å². The molecular formula is C25H24N4O3S. The maximum absolute atomic E-state index is 13.1. The van der Waals surface area contributed by atoms with Gasteiger partial charge < -0.3 is 10.6 Å². The van der Waals surface area contributed by atoms with Gasteiger partial charge in [-0.15, -0.1) is 11.3 Å². The molecule has 33 heavy (non-hydrogen) atoms. The lowest BCUT2D eigenvalue weighted by Gasteiger charge is -2.09. The van der Waals surface area contributed by atoms with Crippen LogP contribution in [-0.2, 0) is 22.7 Å². The summed E-state index contributed by atoms with van der Waals surface area (Å²) in [7, 11) is 0. The van der Waals surface area contributed by atoms with Crippen LogP contribution in [0.5, 0.6) is 0 Å². The van der Waals surface area contributed by atoms with Crippen molar-refractivity contribution < 1.29 is 9.59 Å². The molecule has 0 fully saturated rings. The molecule has 2 aromatic heterocycles. The van der Waals surface area contributed by atoms with Gasteiger partial charge in [-0.2, -0.15) is 0 Å². The molecule has 2 heterocycles. The Balaban J connectivity index is 1.43. The number of carbonyl (C=O) groups excluding carboxylic acids is 2. The van der Waals surface area contributed by atoms with E-state index in [1.165, 1.54) is 29.2 Å². The fourth-order valence-electron chi connectivity index (χ4n) is 3.55. The summed E-state index contributed by atoms with van der Waals surface area (Å²) in [5.41, 5.74) is 4.40. The van der Waals surface area contributed by atoms with Gasteiger partial charge in [-0.1, -0.05) is 42.0 Å². The first-order chi connectivity index (χ1) is 15.9. The normalized spacial score (nSPS) is 10.8. The number of amides is 2. The summed E-state index contributed by atoms with van der Waals surface area (Å²) in [5.74, 6) is -0.320. The van der Waals surface area contributed by atoms with E-state index in [0.717, 1.165) is 22.3 Å². The quantitative estimate of drug-likeness (QED) is 0.434. The Hall–Kier alpha value is -3.78. The molecule has 2 aromatic carbocycles. The van der Waals surface area contributed by atoms with Crippen molar-refractivity contribution in [2.45, 2.75) is 33.4 Å². The molecule has 7 nitrogen and oxygen atoms in total. The van der Waals surface area contributed by atoms with Gasteiger partial charge in [0.2, 0.25) is 11.8 Å². The molecule has 0 saturated heterocycles. The van der Waals surface area contributed by atoms with Crippen LogP contribution in [0.15, 0.2) is 65.0 Å². The van der Waals surface area contributed by atoms with Crippen molar-refractivity contribution in [3.05, 3.63) is 81.7 Å². The van der Waals surface area contributed by atoms with Crippen LogP contribution < -0.4 is 16.2 Å². The Morgan fingerprint density at radius 2 is 1.91 bits per heavy atom. The van der Waals surface area contributed by atoms with Crippen LogP contribution in [0, 0.1) is 6.92 Å². The number of hydrogen-bond donors (Lipinski definition) is 2. The van der Waals surface area contributed by atoms with E-state index in [4.69, 9.17) is 0 Å². The van der Waals surface area contributed by atoms with Crippen LogP contribution in [0.4, 0.5) is 5.69 Å². The number of thiophene rings is 1.